The molecule has 1 rings (SSSR count). The molecular weight excluding hydrogens is 297 g/mol. The fourth-order valence-corrected chi connectivity index (χ4v) is 1.73. The molecule has 4 heteroatoms. The molecule has 1 aromatic carbocycles. The summed E-state index contributed by atoms with van der Waals surface area (Å²) < 4.78 is 19.1. The lowest BCUT2D eigenvalue weighted by atomic mass is 9.89. The van der Waals surface area contributed by atoms with Crippen LogP contribution in [-0.2, 0) is 0 Å². The molecule has 0 bridgehead atoms. The summed E-state index contributed by atoms with van der Waals surface area (Å²) in [5.41, 5.74) is -0.274. The number of hydrogen-bond acceptors (Lipinski definition) is 2. The van der Waals surface area contributed by atoms with Gasteiger partial charge in [-0.2, -0.15) is 5.26 Å². The van der Waals surface area contributed by atoms with Gasteiger partial charge in [0.25, 0.3) is 0 Å². The first kappa shape index (κ1) is 15.0. The third-order valence-electron chi connectivity index (χ3n) is 2.66. The van der Waals surface area contributed by atoms with Gasteiger partial charge in [-0.15, -0.1) is 0 Å². The van der Waals surface area contributed by atoms with E-state index in [1.54, 1.807) is 12.1 Å². The minimum Gasteiger partial charge on any atom is -0.493 e. The molecule has 0 aromatic heterocycles. The Hall–Kier alpha value is -1.08. The van der Waals surface area contributed by atoms with Gasteiger partial charge in [0.05, 0.1) is 22.6 Å². The lowest BCUT2D eigenvalue weighted by Gasteiger charge is -2.14. The lowest BCUT2D eigenvalue weighted by Crippen LogP contribution is -2.08. The first-order valence-electron chi connectivity index (χ1n) is 5.94. The Kier molecular flexibility index (Phi) is 5.61. The molecule has 0 spiro atoms. The smallest absolute Gasteiger partial charge is 0.141 e. The predicted molar refractivity (Wildman–Crippen MR) is 72.8 cm³/mol. The fourth-order valence-electron chi connectivity index (χ4n) is 1.48. The number of halogens is 2. The number of nitriles is 1. The third-order valence-corrected chi connectivity index (χ3v) is 3.30. The van der Waals surface area contributed by atoms with Crippen LogP contribution in [0.1, 0.15) is 33.1 Å². The maximum atomic E-state index is 13.2. The van der Waals surface area contributed by atoms with Gasteiger partial charge in [0.1, 0.15) is 11.6 Å². The van der Waals surface area contributed by atoms with Crippen LogP contribution < -0.4 is 4.74 Å². The summed E-state index contributed by atoms with van der Waals surface area (Å²) in [6.45, 7) is 4.40. The number of unbranched alkanes of at least 4 members (excludes halogenated alkanes) is 1. The molecule has 0 fully saturated rings. The molecule has 2 nitrogen and oxygen atoms in total. The van der Waals surface area contributed by atoms with Gasteiger partial charge in [0.2, 0.25) is 0 Å². The van der Waals surface area contributed by atoms with E-state index >= 15 is 0 Å². The SMILES string of the molecule is CC(C)(C#N)CCCCOc1ccc(Br)c(F)c1. The van der Waals surface area contributed by atoms with Crippen molar-refractivity contribution in [3.05, 3.63) is 28.5 Å². The van der Waals surface area contributed by atoms with Crippen molar-refractivity contribution in [1.29, 1.82) is 5.26 Å². The van der Waals surface area contributed by atoms with E-state index in [1.807, 2.05) is 13.8 Å². The van der Waals surface area contributed by atoms with E-state index in [-0.39, 0.29) is 11.2 Å². The number of nitrogens with zero attached hydrogens (tertiary/aromatic N) is 1. The van der Waals surface area contributed by atoms with Crippen LogP contribution in [0.15, 0.2) is 22.7 Å². The predicted octanol–water partition coefficient (Wildman–Crippen LogP) is 4.69. The second kappa shape index (κ2) is 6.75. The molecular formula is C14H17BrFNO. The van der Waals surface area contributed by atoms with Crippen molar-refractivity contribution < 1.29 is 9.13 Å². The zero-order chi connectivity index (χ0) is 13.6. The van der Waals surface area contributed by atoms with Crippen molar-refractivity contribution >= 4 is 15.9 Å². The van der Waals surface area contributed by atoms with Crippen molar-refractivity contribution in [2.75, 3.05) is 6.61 Å². The van der Waals surface area contributed by atoms with Crippen LogP contribution in [0.4, 0.5) is 4.39 Å². The first-order valence-corrected chi connectivity index (χ1v) is 6.73. The fraction of sp³-hybridized carbons (Fsp3) is 0.500. The number of benzene rings is 1. The molecule has 0 atom stereocenters. The quantitative estimate of drug-likeness (QED) is 0.714. The molecule has 0 aliphatic rings. The molecule has 0 amide bonds. The van der Waals surface area contributed by atoms with Crippen molar-refractivity contribution in [2.24, 2.45) is 5.41 Å². The normalized spacial score (nSPS) is 11.1. The highest BCUT2D eigenvalue weighted by Gasteiger charge is 2.15. The van der Waals surface area contributed by atoms with Crippen molar-refractivity contribution in [3.8, 4) is 11.8 Å². The van der Waals surface area contributed by atoms with Gasteiger partial charge in [0, 0.05) is 6.07 Å². The standard InChI is InChI=1S/C14H17BrFNO/c1-14(2,10-17)7-3-4-8-18-11-5-6-12(15)13(16)9-11/h5-6,9H,3-4,7-8H2,1-2H3. The van der Waals surface area contributed by atoms with E-state index in [4.69, 9.17) is 10.00 Å². The van der Waals surface area contributed by atoms with Gasteiger partial charge in [-0.3, -0.25) is 0 Å². The zero-order valence-electron chi connectivity index (χ0n) is 10.7. The minimum atomic E-state index is -0.321. The monoisotopic (exact) mass is 313 g/mol. The van der Waals surface area contributed by atoms with Gasteiger partial charge in [0.15, 0.2) is 0 Å². The van der Waals surface area contributed by atoms with E-state index in [1.165, 1.54) is 6.07 Å². The number of rotatable bonds is 6. The Labute approximate surface area is 116 Å². The van der Waals surface area contributed by atoms with Gasteiger partial charge in [-0.1, -0.05) is 0 Å². The maximum absolute atomic E-state index is 13.2. The topological polar surface area (TPSA) is 33.0 Å². The Morgan fingerprint density at radius 1 is 1.39 bits per heavy atom. The maximum Gasteiger partial charge on any atom is 0.141 e. The summed E-state index contributed by atoms with van der Waals surface area (Å²) in [6, 6.07) is 6.99. The van der Waals surface area contributed by atoms with Crippen molar-refractivity contribution in [1.82, 2.24) is 0 Å². The summed E-state index contributed by atoms with van der Waals surface area (Å²) in [4.78, 5) is 0. The van der Waals surface area contributed by atoms with Crippen LogP contribution in [-0.4, -0.2) is 6.61 Å². The van der Waals surface area contributed by atoms with Crippen molar-refractivity contribution in [2.45, 2.75) is 33.1 Å². The average molecular weight is 314 g/mol. The lowest BCUT2D eigenvalue weighted by molar-refractivity contribution is 0.293. The third kappa shape index (κ3) is 5.05. The molecule has 0 unspecified atom stereocenters. The van der Waals surface area contributed by atoms with E-state index in [9.17, 15) is 4.39 Å². The van der Waals surface area contributed by atoms with Crippen LogP contribution in [0, 0.1) is 22.6 Å². The largest absolute Gasteiger partial charge is 0.493 e. The molecule has 0 heterocycles. The molecule has 0 N–H and O–H groups in total. The van der Waals surface area contributed by atoms with Gasteiger partial charge in [-0.25, -0.2) is 4.39 Å². The van der Waals surface area contributed by atoms with Gasteiger partial charge < -0.3 is 4.74 Å². The number of ether oxygens (including phenoxy) is 1. The molecule has 0 saturated carbocycles. The molecule has 1 aromatic rings. The molecule has 0 radical (unpaired) electrons. The van der Waals surface area contributed by atoms with E-state index in [0.717, 1.165) is 19.3 Å². The summed E-state index contributed by atoms with van der Waals surface area (Å²) in [7, 11) is 0. The Bertz CT molecular complexity index is 440. The van der Waals surface area contributed by atoms with Crippen LogP contribution in [0.2, 0.25) is 0 Å². The number of hydrogen-bond donors (Lipinski definition) is 0. The van der Waals surface area contributed by atoms with Crippen molar-refractivity contribution in [3.63, 3.8) is 0 Å². The van der Waals surface area contributed by atoms with Crippen LogP contribution in [0.5, 0.6) is 5.75 Å². The summed E-state index contributed by atoms with van der Waals surface area (Å²) in [6.07, 6.45) is 2.64. The van der Waals surface area contributed by atoms with Crippen LogP contribution in [0.3, 0.4) is 0 Å². The Balaban J connectivity index is 2.26. The minimum absolute atomic E-state index is 0.274. The second-order valence-electron chi connectivity index (χ2n) is 4.88. The molecule has 0 aliphatic heterocycles. The second-order valence-corrected chi connectivity index (χ2v) is 5.73. The highest BCUT2D eigenvalue weighted by molar-refractivity contribution is 9.10. The molecule has 18 heavy (non-hydrogen) atoms. The average Bonchev–Trinajstić information content (AvgIpc) is 2.33. The first-order chi connectivity index (χ1) is 8.44. The van der Waals surface area contributed by atoms with E-state index < -0.39 is 0 Å². The van der Waals surface area contributed by atoms with Gasteiger partial charge >= 0.3 is 0 Å². The molecule has 0 aliphatic carbocycles. The Morgan fingerprint density at radius 2 is 2.11 bits per heavy atom. The Morgan fingerprint density at radius 3 is 2.72 bits per heavy atom. The highest BCUT2D eigenvalue weighted by atomic mass is 79.9. The van der Waals surface area contributed by atoms with Crippen LogP contribution in [0.25, 0.3) is 0 Å². The van der Waals surface area contributed by atoms with Gasteiger partial charge in [-0.05, 0) is 61.2 Å². The summed E-state index contributed by atoms with van der Waals surface area (Å²) in [5.74, 6) is 0.216. The molecule has 98 valence electrons. The highest BCUT2D eigenvalue weighted by Crippen LogP contribution is 2.23. The molecule has 0 saturated heterocycles. The summed E-state index contributed by atoms with van der Waals surface area (Å²) in [5, 5.41) is 8.86. The summed E-state index contributed by atoms with van der Waals surface area (Å²) >= 11 is 3.09. The van der Waals surface area contributed by atoms with Crippen LogP contribution >= 0.6 is 15.9 Å². The van der Waals surface area contributed by atoms with E-state index in [0.29, 0.717) is 16.8 Å². The zero-order valence-corrected chi connectivity index (χ0v) is 12.3. The van der Waals surface area contributed by atoms with E-state index in [2.05, 4.69) is 22.0 Å².